The van der Waals surface area contributed by atoms with Gasteiger partial charge in [-0.2, -0.15) is 5.10 Å². The van der Waals surface area contributed by atoms with Crippen molar-refractivity contribution >= 4 is 57.6 Å². The van der Waals surface area contributed by atoms with Crippen LogP contribution in [0.4, 0.5) is 4.39 Å². The minimum atomic E-state index is -1.04. The normalized spacial score (nSPS) is 19.2. The molecule has 0 fully saturated rings. The van der Waals surface area contributed by atoms with Gasteiger partial charge >= 0.3 is 0 Å². The molecular weight excluding hydrogens is 638 g/mol. The predicted octanol–water partition coefficient (Wildman–Crippen LogP) is 6.54. The Morgan fingerprint density at radius 2 is 2.07 bits per heavy atom. The van der Waals surface area contributed by atoms with Gasteiger partial charge in [-0.1, -0.05) is 23.7 Å². The van der Waals surface area contributed by atoms with Crippen molar-refractivity contribution in [3.05, 3.63) is 101 Å². The monoisotopic (exact) mass is 668 g/mol. The number of nitrogens with two attached hydrogens (primary N) is 1. The number of allylic oxidation sites excluding steroid dienone is 6. The van der Waals surface area contributed by atoms with E-state index in [-0.39, 0.29) is 10.9 Å². The number of nitrogens with zero attached hydrogens (tertiary/aromatic N) is 3. The van der Waals surface area contributed by atoms with Crippen molar-refractivity contribution in [2.45, 2.75) is 24.1 Å². The number of thiocarbonyl (C=S) groups is 1. The summed E-state index contributed by atoms with van der Waals surface area (Å²) < 4.78 is 33.4. The lowest BCUT2D eigenvalue weighted by Gasteiger charge is -2.33. The van der Waals surface area contributed by atoms with Gasteiger partial charge in [0.15, 0.2) is 28.2 Å². The Labute approximate surface area is 275 Å². The van der Waals surface area contributed by atoms with Crippen LogP contribution in [0, 0.1) is 5.82 Å². The lowest BCUT2D eigenvalue weighted by Crippen LogP contribution is -2.38. The standard InChI is InChI=1S/C32H31Cl2FN6O3S/c1-20-8-12-41(39-18-20)11-3-13-43-29-17-25-23(16-28(29)42-2)26(7-10-37-25)44-27-5-4-21(14-24(27)35)32(19-38-40-31(36)45)9-6-22(33)15-30(32)34/h4-10,12,14-19,30,39H,3,11,13H2,1-2H3,(H3,36,40,45). The number of fused-ring (bicyclic) bond motifs is 1. The summed E-state index contributed by atoms with van der Waals surface area (Å²) in [6.45, 7) is 3.25. The number of hydrazone groups is 1. The zero-order chi connectivity index (χ0) is 32.0. The molecule has 1 aliphatic carbocycles. The third-order valence-corrected chi connectivity index (χ3v) is 7.98. The van der Waals surface area contributed by atoms with E-state index in [2.05, 4.69) is 20.9 Å². The van der Waals surface area contributed by atoms with Gasteiger partial charge < -0.3 is 25.4 Å². The van der Waals surface area contributed by atoms with E-state index in [1.807, 2.05) is 30.4 Å². The van der Waals surface area contributed by atoms with E-state index in [1.54, 1.807) is 55.8 Å². The molecule has 0 amide bonds. The third kappa shape index (κ3) is 7.50. The Morgan fingerprint density at radius 1 is 1.22 bits per heavy atom. The largest absolute Gasteiger partial charge is 0.493 e. The Kier molecular flexibility index (Phi) is 10.1. The van der Waals surface area contributed by atoms with Crippen LogP contribution in [0.2, 0.25) is 0 Å². The van der Waals surface area contributed by atoms with Crippen LogP contribution in [0.5, 0.6) is 23.0 Å². The number of hydrazine groups is 1. The maximum absolute atomic E-state index is 15.6. The highest BCUT2D eigenvalue weighted by molar-refractivity contribution is 7.80. The first-order valence-electron chi connectivity index (χ1n) is 13.9. The molecule has 0 saturated heterocycles. The molecule has 5 rings (SSSR count). The van der Waals surface area contributed by atoms with E-state index in [4.69, 9.17) is 55.4 Å². The van der Waals surface area contributed by atoms with Crippen molar-refractivity contribution in [2.24, 2.45) is 10.8 Å². The number of alkyl halides is 1. The molecule has 234 valence electrons. The summed E-state index contributed by atoms with van der Waals surface area (Å²) in [5.74, 6) is 0.832. The third-order valence-electron chi connectivity index (χ3n) is 7.15. The number of rotatable bonds is 11. The van der Waals surface area contributed by atoms with Gasteiger partial charge in [-0.25, -0.2) is 4.39 Å². The first kappa shape index (κ1) is 32.1. The van der Waals surface area contributed by atoms with Crippen LogP contribution in [0.15, 0.2) is 95.0 Å². The zero-order valence-electron chi connectivity index (χ0n) is 24.5. The van der Waals surface area contributed by atoms with Gasteiger partial charge in [-0.15, -0.1) is 11.6 Å². The number of hydrogen-bond donors (Lipinski definition) is 3. The number of hydrogen-bond acceptors (Lipinski definition) is 8. The average Bonchev–Trinajstić information content (AvgIpc) is 3.02. The second-order valence-corrected chi connectivity index (χ2v) is 11.6. The molecule has 13 heteroatoms. The summed E-state index contributed by atoms with van der Waals surface area (Å²) in [6, 6.07) is 9.79. The van der Waals surface area contributed by atoms with E-state index in [0.29, 0.717) is 45.4 Å². The number of halogens is 3. The molecule has 2 aliphatic rings. The van der Waals surface area contributed by atoms with Crippen molar-refractivity contribution in [2.75, 3.05) is 20.3 Å². The molecule has 2 unspecified atom stereocenters. The van der Waals surface area contributed by atoms with Crippen LogP contribution in [-0.4, -0.2) is 47.0 Å². The average molecular weight is 670 g/mol. The van der Waals surface area contributed by atoms with Gasteiger partial charge in [-0.05, 0) is 72.8 Å². The lowest BCUT2D eigenvalue weighted by atomic mass is 9.76. The number of methoxy groups -OCH3 is 1. The molecular formula is C32H31Cl2FN6O3S. The highest BCUT2D eigenvalue weighted by Crippen LogP contribution is 2.41. The molecule has 2 aromatic carbocycles. The summed E-state index contributed by atoms with van der Waals surface area (Å²) in [6.07, 6.45) is 14.9. The molecule has 0 bridgehead atoms. The highest BCUT2D eigenvalue weighted by Gasteiger charge is 2.38. The Morgan fingerprint density at radius 3 is 2.78 bits per heavy atom. The summed E-state index contributed by atoms with van der Waals surface area (Å²) in [5, 5.41) is 6.47. The van der Waals surface area contributed by atoms with Crippen LogP contribution in [0.25, 0.3) is 10.9 Å². The van der Waals surface area contributed by atoms with Crippen LogP contribution >= 0.6 is 35.4 Å². The van der Waals surface area contributed by atoms with Gasteiger partial charge in [0.2, 0.25) is 0 Å². The van der Waals surface area contributed by atoms with Crippen LogP contribution in [0.3, 0.4) is 0 Å². The minimum Gasteiger partial charge on any atom is -0.493 e. The molecule has 2 heterocycles. The van der Waals surface area contributed by atoms with Crippen molar-refractivity contribution < 1.29 is 18.6 Å². The zero-order valence-corrected chi connectivity index (χ0v) is 26.8. The molecule has 1 aromatic heterocycles. The Hall–Kier alpha value is -4.32. The Bertz CT molecular complexity index is 1750. The molecule has 0 spiro atoms. The van der Waals surface area contributed by atoms with Gasteiger partial charge in [0, 0.05) is 54.3 Å². The van der Waals surface area contributed by atoms with Gasteiger partial charge in [-0.3, -0.25) is 15.4 Å². The van der Waals surface area contributed by atoms with Gasteiger partial charge in [0.05, 0.1) is 30.0 Å². The molecule has 1 aliphatic heterocycles. The SMILES string of the molecule is COc1cc2c(Oc3ccc(C4(C=NNC(N)=S)C=CC(Cl)=CC4Cl)cc3F)ccnc2cc1OCCCN1C=CC(C)=CN1. The van der Waals surface area contributed by atoms with Crippen LogP contribution in [0.1, 0.15) is 18.9 Å². The van der Waals surface area contributed by atoms with Crippen molar-refractivity contribution in [1.82, 2.24) is 20.8 Å². The Balaban J connectivity index is 1.35. The molecule has 4 N–H and O–H groups in total. The van der Waals surface area contributed by atoms with Crippen LogP contribution < -0.4 is 30.8 Å². The van der Waals surface area contributed by atoms with E-state index in [0.717, 1.165) is 18.5 Å². The number of aromatic nitrogens is 1. The van der Waals surface area contributed by atoms with Gasteiger partial charge in [0.1, 0.15) is 5.75 Å². The van der Waals surface area contributed by atoms with Crippen molar-refractivity contribution in [3.8, 4) is 23.0 Å². The summed E-state index contributed by atoms with van der Waals surface area (Å²) in [5.41, 5.74) is 12.5. The predicted molar refractivity (Wildman–Crippen MR) is 180 cm³/mol. The topological polar surface area (TPSA) is 106 Å². The molecule has 0 radical (unpaired) electrons. The second-order valence-electron chi connectivity index (χ2n) is 10.3. The van der Waals surface area contributed by atoms with Crippen molar-refractivity contribution in [3.63, 3.8) is 0 Å². The van der Waals surface area contributed by atoms with Gasteiger partial charge in [0.25, 0.3) is 0 Å². The highest BCUT2D eigenvalue weighted by atomic mass is 35.5. The molecule has 9 nitrogen and oxygen atoms in total. The quantitative estimate of drug-likeness (QED) is 0.0691. The second kappa shape index (κ2) is 14.2. The smallest absolute Gasteiger partial charge is 0.184 e. The first-order valence-corrected chi connectivity index (χ1v) is 15.2. The number of benzene rings is 2. The maximum atomic E-state index is 15.6. The fourth-order valence-corrected chi connectivity index (χ4v) is 5.49. The van der Waals surface area contributed by atoms with E-state index in [1.165, 1.54) is 18.3 Å². The number of ether oxygens (including phenoxy) is 3. The van der Waals surface area contributed by atoms with Crippen LogP contribution in [-0.2, 0) is 5.41 Å². The van der Waals surface area contributed by atoms with E-state index in [9.17, 15) is 0 Å². The number of nitrogens with one attached hydrogen (secondary N) is 2. The fourth-order valence-electron chi connectivity index (χ4n) is 4.79. The molecule has 0 saturated carbocycles. The van der Waals surface area contributed by atoms with E-state index < -0.39 is 16.6 Å². The van der Waals surface area contributed by atoms with Crippen molar-refractivity contribution in [1.29, 1.82) is 0 Å². The lowest BCUT2D eigenvalue weighted by molar-refractivity contribution is 0.245. The fraction of sp³-hybridized carbons (Fsp3) is 0.219. The minimum absolute atomic E-state index is 0.00351. The maximum Gasteiger partial charge on any atom is 0.184 e. The van der Waals surface area contributed by atoms with E-state index >= 15 is 4.39 Å². The molecule has 2 atom stereocenters. The summed E-state index contributed by atoms with van der Waals surface area (Å²) in [4.78, 5) is 4.47. The molecule has 45 heavy (non-hydrogen) atoms. The number of pyridine rings is 1. The summed E-state index contributed by atoms with van der Waals surface area (Å²) in [7, 11) is 1.56. The first-order chi connectivity index (χ1) is 21.7. The molecule has 3 aromatic rings. The summed E-state index contributed by atoms with van der Waals surface area (Å²) >= 11 is 17.7.